The molecule has 0 bridgehead atoms. The lowest BCUT2D eigenvalue weighted by Crippen LogP contribution is -2.40. The van der Waals surface area contributed by atoms with Gasteiger partial charge in [0.05, 0.1) is 11.2 Å². The van der Waals surface area contributed by atoms with E-state index in [1.54, 1.807) is 19.1 Å². The Hall–Kier alpha value is -1.50. The van der Waals surface area contributed by atoms with Gasteiger partial charge in [-0.1, -0.05) is 48.9 Å². The average molecular weight is 370 g/mol. The summed E-state index contributed by atoms with van der Waals surface area (Å²) in [6, 6.07) is 0. The molecule has 24 heavy (non-hydrogen) atoms. The third kappa shape index (κ3) is 3.94. The van der Waals surface area contributed by atoms with E-state index in [1.807, 2.05) is 12.2 Å². The van der Waals surface area contributed by atoms with E-state index in [1.165, 1.54) is 12.2 Å². The molecule has 0 saturated heterocycles. The number of aliphatic carboxylic acids is 1. The van der Waals surface area contributed by atoms with Crippen LogP contribution in [0.15, 0.2) is 47.1 Å². The monoisotopic (exact) mass is 369 g/mol. The number of halogens is 1. The molecular weight excluding hydrogens is 352 g/mol. The number of hydrogen-bond donors (Lipinski definition) is 1. The summed E-state index contributed by atoms with van der Waals surface area (Å²) in [7, 11) is 0. The largest absolute Gasteiger partial charge is 0.772 e. The van der Waals surface area contributed by atoms with E-state index in [9.17, 15) is 23.5 Å². The summed E-state index contributed by atoms with van der Waals surface area (Å²) in [5, 5.41) is 8.37. The summed E-state index contributed by atoms with van der Waals surface area (Å²) in [5.74, 6) is -3.69. The van der Waals surface area contributed by atoms with Gasteiger partial charge in [0, 0.05) is 22.4 Å². The van der Waals surface area contributed by atoms with Crippen LogP contribution in [0.25, 0.3) is 0 Å². The highest BCUT2D eigenvalue weighted by atomic mass is 35.5. The van der Waals surface area contributed by atoms with E-state index >= 15 is 0 Å². The fraction of sp³-hybridized carbons (Fsp3) is 0.412. The number of hydrogen-bond acceptors (Lipinski definition) is 4. The lowest BCUT2D eigenvalue weighted by atomic mass is 9.78. The first kappa shape index (κ1) is 18.8. The van der Waals surface area contributed by atoms with Crippen molar-refractivity contribution >= 4 is 34.4 Å². The maximum Gasteiger partial charge on any atom is 0.307 e. The van der Waals surface area contributed by atoms with Crippen molar-refractivity contribution in [3.05, 3.63) is 47.1 Å². The van der Waals surface area contributed by atoms with Crippen LogP contribution < -0.4 is 0 Å². The topological polar surface area (TPSA) is 94.5 Å². The van der Waals surface area contributed by atoms with E-state index in [-0.39, 0.29) is 22.8 Å². The van der Waals surface area contributed by atoms with Gasteiger partial charge >= 0.3 is 5.97 Å². The Kier molecular flexibility index (Phi) is 6.32. The lowest BCUT2D eigenvalue weighted by Gasteiger charge is -2.35. The summed E-state index contributed by atoms with van der Waals surface area (Å²) in [5.41, 5.74) is 0.0606. The van der Waals surface area contributed by atoms with Crippen LogP contribution in [0, 0.1) is 17.8 Å². The Labute approximate surface area is 148 Å². The van der Waals surface area contributed by atoms with E-state index in [4.69, 9.17) is 11.6 Å². The fourth-order valence-electron chi connectivity index (χ4n) is 3.13. The van der Waals surface area contributed by atoms with Crippen molar-refractivity contribution in [1.29, 1.82) is 0 Å². The molecule has 1 N–H and O–H groups in total. The minimum Gasteiger partial charge on any atom is -0.772 e. The van der Waals surface area contributed by atoms with E-state index in [0.29, 0.717) is 6.42 Å². The van der Waals surface area contributed by atoms with Crippen LogP contribution in [0.4, 0.5) is 0 Å². The quantitative estimate of drug-likeness (QED) is 0.726. The second kappa shape index (κ2) is 8.05. The SMILES string of the molecule is CCC(C(=O)O)C1C=C(Cl)C=C(C(=O)C2C=CC=CC2)C1S(=O)[O-]. The van der Waals surface area contributed by atoms with Crippen molar-refractivity contribution < 1.29 is 23.5 Å². The first-order valence-corrected chi connectivity index (χ1v) is 9.15. The van der Waals surface area contributed by atoms with Crippen molar-refractivity contribution in [2.45, 2.75) is 25.0 Å². The molecule has 0 fully saturated rings. The Morgan fingerprint density at radius 2 is 2.17 bits per heavy atom. The first-order valence-electron chi connectivity index (χ1n) is 7.64. The molecule has 2 rings (SSSR count). The van der Waals surface area contributed by atoms with Crippen molar-refractivity contribution in [2.75, 3.05) is 0 Å². The summed E-state index contributed by atoms with van der Waals surface area (Å²) < 4.78 is 23.6. The van der Waals surface area contributed by atoms with Gasteiger partial charge in [-0.05, 0) is 30.0 Å². The predicted molar refractivity (Wildman–Crippen MR) is 91.0 cm³/mol. The van der Waals surface area contributed by atoms with Gasteiger partial charge in [-0.25, -0.2) is 0 Å². The van der Waals surface area contributed by atoms with Crippen molar-refractivity contribution in [2.24, 2.45) is 17.8 Å². The second-order valence-electron chi connectivity index (χ2n) is 5.78. The number of Topliss-reactive ketones (excluding diaryl/α,β-unsaturated/α-hetero) is 1. The molecule has 0 spiro atoms. The molecule has 0 aromatic carbocycles. The minimum absolute atomic E-state index is 0.0606. The van der Waals surface area contributed by atoms with Crippen LogP contribution in [0.5, 0.6) is 0 Å². The number of rotatable bonds is 6. The third-order valence-electron chi connectivity index (χ3n) is 4.33. The molecule has 0 aromatic heterocycles. The smallest absolute Gasteiger partial charge is 0.307 e. The van der Waals surface area contributed by atoms with E-state index in [2.05, 4.69) is 0 Å². The number of carboxylic acid groups (broad SMARTS) is 1. The zero-order valence-corrected chi connectivity index (χ0v) is 14.6. The van der Waals surface area contributed by atoms with Gasteiger partial charge < -0.3 is 9.66 Å². The van der Waals surface area contributed by atoms with Gasteiger partial charge in [-0.2, -0.15) is 0 Å². The van der Waals surface area contributed by atoms with E-state index in [0.717, 1.165) is 0 Å². The molecule has 7 heteroatoms. The van der Waals surface area contributed by atoms with Crippen molar-refractivity contribution in [3.8, 4) is 0 Å². The Morgan fingerprint density at radius 1 is 1.46 bits per heavy atom. The second-order valence-corrected chi connectivity index (χ2v) is 7.25. The molecule has 0 radical (unpaired) electrons. The minimum atomic E-state index is -2.64. The summed E-state index contributed by atoms with van der Waals surface area (Å²) in [4.78, 5) is 24.3. The average Bonchev–Trinajstić information content (AvgIpc) is 2.54. The van der Waals surface area contributed by atoms with Crippen LogP contribution in [0.2, 0.25) is 0 Å². The molecule has 0 amide bonds. The highest BCUT2D eigenvalue weighted by Crippen LogP contribution is 2.37. The van der Waals surface area contributed by atoms with E-state index < -0.39 is 40.1 Å². The normalized spacial score (nSPS) is 28.7. The number of ketones is 1. The van der Waals surface area contributed by atoms with Crippen molar-refractivity contribution in [1.82, 2.24) is 0 Å². The Balaban J connectivity index is 2.42. The Morgan fingerprint density at radius 3 is 2.67 bits per heavy atom. The number of carbonyl (C=O) groups excluding carboxylic acids is 1. The molecule has 130 valence electrons. The zero-order chi connectivity index (χ0) is 17.9. The highest BCUT2D eigenvalue weighted by molar-refractivity contribution is 7.80. The Bertz CT molecular complexity index is 676. The molecule has 2 aliphatic rings. The molecule has 0 aliphatic heterocycles. The zero-order valence-electron chi connectivity index (χ0n) is 13.1. The molecule has 0 saturated carbocycles. The highest BCUT2D eigenvalue weighted by Gasteiger charge is 2.40. The predicted octanol–water partition coefficient (Wildman–Crippen LogP) is 2.73. The number of carbonyl (C=O) groups is 2. The fourth-order valence-corrected chi connectivity index (χ4v) is 4.31. The molecule has 5 nitrogen and oxygen atoms in total. The molecule has 5 atom stereocenters. The van der Waals surface area contributed by atoms with Crippen LogP contribution in [0.1, 0.15) is 19.8 Å². The molecule has 5 unspecified atom stereocenters. The molecular formula is C17H18ClO5S-. The maximum absolute atomic E-state index is 12.8. The number of allylic oxidation sites excluding steroid dienone is 7. The van der Waals surface area contributed by atoms with Gasteiger partial charge in [0.15, 0.2) is 5.78 Å². The maximum atomic E-state index is 12.8. The standard InChI is InChI=1S/C17H19ClO5S/c1-2-12(17(20)21)13-8-11(18)9-14(16(13)24(22)23)15(19)10-6-4-3-5-7-10/h3-6,8-10,12-13,16H,2,7H2,1H3,(H,20,21)(H,22,23)/p-1. The summed E-state index contributed by atoms with van der Waals surface area (Å²) >= 11 is 3.43. The van der Waals surface area contributed by atoms with Crippen LogP contribution in [-0.4, -0.2) is 30.9 Å². The third-order valence-corrected chi connectivity index (χ3v) is 5.55. The van der Waals surface area contributed by atoms with Crippen LogP contribution in [0.3, 0.4) is 0 Å². The van der Waals surface area contributed by atoms with Crippen LogP contribution in [-0.2, 0) is 20.7 Å². The van der Waals surface area contributed by atoms with Gasteiger partial charge in [0.25, 0.3) is 0 Å². The van der Waals surface area contributed by atoms with Crippen LogP contribution >= 0.6 is 11.6 Å². The summed E-state index contributed by atoms with van der Waals surface area (Å²) in [6.45, 7) is 1.67. The molecule has 2 aliphatic carbocycles. The molecule has 0 aromatic rings. The van der Waals surface area contributed by atoms with Gasteiger partial charge in [-0.3, -0.25) is 13.8 Å². The summed E-state index contributed by atoms with van der Waals surface area (Å²) in [6.07, 6.45) is 10.6. The lowest BCUT2D eigenvalue weighted by molar-refractivity contribution is -0.143. The molecule has 0 heterocycles. The van der Waals surface area contributed by atoms with Gasteiger partial charge in [0.2, 0.25) is 0 Å². The van der Waals surface area contributed by atoms with Crippen molar-refractivity contribution in [3.63, 3.8) is 0 Å². The van der Waals surface area contributed by atoms with Gasteiger partial charge in [-0.15, -0.1) is 0 Å². The number of carboxylic acids is 1. The first-order chi connectivity index (χ1) is 11.4. The van der Waals surface area contributed by atoms with Gasteiger partial charge in [0.1, 0.15) is 0 Å².